The molecule has 0 aliphatic rings. The molecule has 0 bridgehead atoms. The third-order valence-electron chi connectivity index (χ3n) is 4.45. The van der Waals surface area contributed by atoms with Gasteiger partial charge in [0.15, 0.2) is 0 Å². The Bertz CT molecular complexity index is 223. The van der Waals surface area contributed by atoms with Crippen molar-refractivity contribution in [3.05, 3.63) is 0 Å². The van der Waals surface area contributed by atoms with Crippen molar-refractivity contribution in [3.63, 3.8) is 0 Å². The lowest BCUT2D eigenvalue weighted by molar-refractivity contribution is 0.0822. The van der Waals surface area contributed by atoms with E-state index >= 15 is 0 Å². The van der Waals surface area contributed by atoms with Gasteiger partial charge in [-0.3, -0.25) is 0 Å². The molecule has 1 radical (unpaired) electrons. The zero-order chi connectivity index (χ0) is 14.4. The van der Waals surface area contributed by atoms with Crippen LogP contribution in [0.25, 0.3) is 0 Å². The first kappa shape index (κ1) is 18.4. The number of thiol groups is 1. The van der Waals surface area contributed by atoms with Gasteiger partial charge in [0.1, 0.15) is 0 Å². The lowest BCUT2D eigenvalue weighted by atomic mass is 9.83. The summed E-state index contributed by atoms with van der Waals surface area (Å²) in [6, 6.07) is 0. The zero-order valence-electron chi connectivity index (χ0n) is 13.4. The van der Waals surface area contributed by atoms with Gasteiger partial charge < -0.3 is 4.65 Å². The molecule has 0 saturated heterocycles. The van der Waals surface area contributed by atoms with Crippen LogP contribution in [0.1, 0.15) is 67.7 Å². The van der Waals surface area contributed by atoms with Crippen LogP contribution in [0.4, 0.5) is 0 Å². The molecule has 0 aromatic heterocycles. The van der Waals surface area contributed by atoms with Crippen LogP contribution in [-0.2, 0) is 4.65 Å². The normalized spacial score (nSPS) is 16.4. The van der Waals surface area contributed by atoms with Crippen LogP contribution in [0.5, 0.6) is 0 Å². The Morgan fingerprint density at radius 1 is 1.11 bits per heavy atom. The summed E-state index contributed by atoms with van der Waals surface area (Å²) < 4.78 is 5.73. The van der Waals surface area contributed by atoms with E-state index in [1.165, 1.54) is 19.3 Å². The van der Waals surface area contributed by atoms with E-state index in [4.69, 9.17) is 4.65 Å². The molecule has 0 aliphatic carbocycles. The number of hydrogen-bond donors (Lipinski definition) is 1. The minimum Gasteiger partial charge on any atom is -0.434 e. The van der Waals surface area contributed by atoms with Gasteiger partial charge in [-0.1, -0.05) is 46.4 Å². The molecule has 107 valence electrons. The van der Waals surface area contributed by atoms with E-state index < -0.39 is 0 Å². The Kier molecular flexibility index (Phi) is 8.00. The molecule has 0 spiro atoms. The van der Waals surface area contributed by atoms with Crippen LogP contribution in [0.15, 0.2) is 0 Å². The zero-order valence-corrected chi connectivity index (χ0v) is 14.3. The lowest BCUT2D eigenvalue weighted by Gasteiger charge is -2.38. The van der Waals surface area contributed by atoms with E-state index in [2.05, 4.69) is 61.1 Å². The Morgan fingerprint density at radius 2 is 1.67 bits per heavy atom. The van der Waals surface area contributed by atoms with Crippen molar-refractivity contribution in [2.24, 2.45) is 11.8 Å². The largest absolute Gasteiger partial charge is 0.434 e. The Balaban J connectivity index is 3.75. The first-order valence-electron chi connectivity index (χ1n) is 7.33. The second-order valence-corrected chi connectivity index (χ2v) is 7.77. The standard InChI is InChI=1S/C15H32BOS/c1-8-12(2)13(3)10-9-11-16-17-14(4,5)15(6,7)18/h12-13,18H,8-11H2,1-7H3. The van der Waals surface area contributed by atoms with Crippen molar-refractivity contribution >= 4 is 20.1 Å². The van der Waals surface area contributed by atoms with Crippen molar-refractivity contribution in [1.82, 2.24) is 0 Å². The average Bonchev–Trinajstić information content (AvgIpc) is 2.25. The molecule has 0 heterocycles. The molecule has 2 unspecified atom stereocenters. The molecule has 0 fully saturated rings. The smallest absolute Gasteiger partial charge is 0.293 e. The molecule has 0 rings (SSSR count). The number of hydrogen-bond acceptors (Lipinski definition) is 2. The first-order chi connectivity index (χ1) is 8.12. The Hall–Kier alpha value is 0.375. The molecular formula is C15H32BOS. The Labute approximate surface area is 121 Å². The van der Waals surface area contributed by atoms with Gasteiger partial charge in [-0.2, -0.15) is 12.6 Å². The second-order valence-electron chi connectivity index (χ2n) is 6.65. The van der Waals surface area contributed by atoms with E-state index in [0.29, 0.717) is 0 Å². The highest BCUT2D eigenvalue weighted by Crippen LogP contribution is 2.31. The molecule has 0 saturated carbocycles. The molecule has 0 aliphatic heterocycles. The number of rotatable bonds is 9. The average molecular weight is 271 g/mol. The molecule has 2 atom stereocenters. The highest BCUT2D eigenvalue weighted by molar-refractivity contribution is 7.81. The van der Waals surface area contributed by atoms with E-state index in [1.807, 2.05) is 7.48 Å². The molecule has 0 amide bonds. The fraction of sp³-hybridized carbons (Fsp3) is 1.00. The predicted molar refractivity (Wildman–Crippen MR) is 86.6 cm³/mol. The maximum atomic E-state index is 5.86. The fourth-order valence-corrected chi connectivity index (χ4v) is 1.67. The summed E-state index contributed by atoms with van der Waals surface area (Å²) in [7, 11) is 1.97. The van der Waals surface area contributed by atoms with Gasteiger partial charge >= 0.3 is 0 Å². The summed E-state index contributed by atoms with van der Waals surface area (Å²) in [5.41, 5.74) is -0.224. The van der Waals surface area contributed by atoms with E-state index in [-0.39, 0.29) is 10.3 Å². The van der Waals surface area contributed by atoms with Gasteiger partial charge in [-0.25, -0.2) is 0 Å². The summed E-state index contributed by atoms with van der Waals surface area (Å²) in [6.45, 7) is 15.3. The predicted octanol–water partition coefficient (Wildman–Crippen LogP) is 4.99. The quantitative estimate of drug-likeness (QED) is 0.353. The first-order valence-corrected chi connectivity index (χ1v) is 7.78. The van der Waals surface area contributed by atoms with Gasteiger partial charge in [0.05, 0.1) is 5.60 Å². The third kappa shape index (κ3) is 6.52. The van der Waals surface area contributed by atoms with Crippen LogP contribution in [0.2, 0.25) is 6.32 Å². The molecule has 18 heavy (non-hydrogen) atoms. The summed E-state index contributed by atoms with van der Waals surface area (Å²) in [4.78, 5) is 0. The third-order valence-corrected chi connectivity index (χ3v) is 4.99. The van der Waals surface area contributed by atoms with Crippen molar-refractivity contribution in [2.45, 2.75) is 84.4 Å². The minimum atomic E-state index is -0.224. The lowest BCUT2D eigenvalue weighted by Crippen LogP contribution is -2.44. The van der Waals surface area contributed by atoms with Crippen LogP contribution < -0.4 is 0 Å². The fourth-order valence-electron chi connectivity index (χ4n) is 1.62. The summed E-state index contributed by atoms with van der Waals surface area (Å²) >= 11 is 4.59. The van der Waals surface area contributed by atoms with Crippen LogP contribution in [0.3, 0.4) is 0 Å². The van der Waals surface area contributed by atoms with Crippen molar-refractivity contribution in [2.75, 3.05) is 0 Å². The summed E-state index contributed by atoms with van der Waals surface area (Å²) in [6.07, 6.45) is 4.82. The molecular weight excluding hydrogens is 239 g/mol. The Morgan fingerprint density at radius 3 is 2.11 bits per heavy atom. The highest BCUT2D eigenvalue weighted by Gasteiger charge is 2.34. The minimum absolute atomic E-state index is 0.131. The molecule has 0 N–H and O–H groups in total. The molecule has 1 nitrogen and oxygen atoms in total. The molecule has 0 aromatic carbocycles. The molecule has 3 heteroatoms. The maximum Gasteiger partial charge on any atom is 0.293 e. The summed E-state index contributed by atoms with van der Waals surface area (Å²) in [5.74, 6) is 1.65. The van der Waals surface area contributed by atoms with Gasteiger partial charge in [-0.15, -0.1) is 0 Å². The topological polar surface area (TPSA) is 9.23 Å². The van der Waals surface area contributed by atoms with Crippen molar-refractivity contribution in [3.8, 4) is 0 Å². The van der Waals surface area contributed by atoms with Gasteiger partial charge in [0.2, 0.25) is 0 Å². The summed E-state index contributed by atoms with van der Waals surface area (Å²) in [5, 5.41) is 0. The van der Waals surface area contributed by atoms with E-state index in [1.54, 1.807) is 0 Å². The van der Waals surface area contributed by atoms with Crippen molar-refractivity contribution in [1.29, 1.82) is 0 Å². The monoisotopic (exact) mass is 271 g/mol. The van der Waals surface area contributed by atoms with E-state index in [9.17, 15) is 0 Å². The molecule has 0 aromatic rings. The van der Waals surface area contributed by atoms with Gasteiger partial charge in [0, 0.05) is 4.75 Å². The van der Waals surface area contributed by atoms with E-state index in [0.717, 1.165) is 18.2 Å². The van der Waals surface area contributed by atoms with Gasteiger partial charge in [-0.05, 0) is 39.5 Å². The van der Waals surface area contributed by atoms with Crippen LogP contribution >= 0.6 is 12.6 Å². The SMILES string of the molecule is CCC(C)C(C)CCC[B]OC(C)(C)C(C)(C)S. The second kappa shape index (κ2) is 7.84. The highest BCUT2D eigenvalue weighted by atomic mass is 32.1. The van der Waals surface area contributed by atoms with Crippen molar-refractivity contribution < 1.29 is 4.65 Å². The van der Waals surface area contributed by atoms with Crippen LogP contribution in [-0.4, -0.2) is 17.8 Å². The van der Waals surface area contributed by atoms with Crippen LogP contribution in [0, 0.1) is 11.8 Å². The maximum absolute atomic E-state index is 5.86. The van der Waals surface area contributed by atoms with Gasteiger partial charge in [0.25, 0.3) is 7.48 Å².